The van der Waals surface area contributed by atoms with Crippen LogP contribution >= 0.6 is 0 Å². The lowest BCUT2D eigenvalue weighted by Crippen LogP contribution is -2.46. The van der Waals surface area contributed by atoms with Crippen molar-refractivity contribution < 1.29 is 9.53 Å². The molecular weight excluding hydrogens is 374 g/mol. The Morgan fingerprint density at radius 1 is 0.900 bits per heavy atom. The number of carbonyl (C=O) groups excluding carboxylic acids is 1. The Labute approximate surface area is 180 Å². The number of amides is 1. The fourth-order valence-electron chi connectivity index (χ4n) is 4.59. The van der Waals surface area contributed by atoms with E-state index in [1.165, 1.54) is 11.1 Å². The Morgan fingerprint density at radius 3 is 2.23 bits per heavy atom. The lowest BCUT2D eigenvalue weighted by atomic mass is 10.0. The number of benzene rings is 2. The molecule has 2 aromatic carbocycles. The summed E-state index contributed by atoms with van der Waals surface area (Å²) < 4.78 is 5.56. The smallest absolute Gasteiger partial charge is 0.242 e. The van der Waals surface area contributed by atoms with Gasteiger partial charge in [0.1, 0.15) is 6.04 Å². The van der Waals surface area contributed by atoms with Crippen molar-refractivity contribution in [3.8, 4) is 0 Å². The van der Waals surface area contributed by atoms with Gasteiger partial charge in [-0.15, -0.1) is 0 Å². The van der Waals surface area contributed by atoms with E-state index in [9.17, 15) is 4.79 Å². The van der Waals surface area contributed by atoms with Crippen LogP contribution in [0, 0.1) is 6.92 Å². The molecule has 2 aliphatic rings. The van der Waals surface area contributed by atoms with E-state index in [-0.39, 0.29) is 18.0 Å². The molecule has 2 heterocycles. The highest BCUT2D eigenvalue weighted by molar-refractivity contribution is 5.83. The first-order valence-electron chi connectivity index (χ1n) is 11.2. The normalized spacial score (nSPS) is 20.0. The first kappa shape index (κ1) is 21.0. The second kappa shape index (κ2) is 10.2. The minimum atomic E-state index is -0.211. The summed E-state index contributed by atoms with van der Waals surface area (Å²) in [6, 6.07) is 18.8. The molecule has 2 fully saturated rings. The van der Waals surface area contributed by atoms with Crippen LogP contribution in [0.25, 0.3) is 0 Å². The van der Waals surface area contributed by atoms with Gasteiger partial charge in [-0.2, -0.15) is 0 Å². The van der Waals surface area contributed by atoms with Crippen molar-refractivity contribution in [3.05, 3.63) is 71.3 Å². The number of carbonyl (C=O) groups is 1. The van der Waals surface area contributed by atoms with Crippen molar-refractivity contribution in [1.82, 2.24) is 15.1 Å². The van der Waals surface area contributed by atoms with Gasteiger partial charge in [0.2, 0.25) is 5.91 Å². The third-order valence-corrected chi connectivity index (χ3v) is 6.29. The van der Waals surface area contributed by atoms with E-state index in [2.05, 4.69) is 58.4 Å². The quantitative estimate of drug-likeness (QED) is 0.765. The Morgan fingerprint density at radius 2 is 1.57 bits per heavy atom. The molecule has 2 saturated heterocycles. The molecule has 0 saturated carbocycles. The number of nitrogens with one attached hydrogen (secondary N) is 1. The molecule has 2 unspecified atom stereocenters. The average molecular weight is 408 g/mol. The Balaban J connectivity index is 1.50. The molecule has 160 valence electrons. The zero-order chi connectivity index (χ0) is 20.8. The van der Waals surface area contributed by atoms with E-state index in [0.29, 0.717) is 6.54 Å². The molecule has 2 aliphatic heterocycles. The molecule has 1 N–H and O–H groups in total. The Kier molecular flexibility index (Phi) is 7.16. The predicted octanol–water partition coefficient (Wildman–Crippen LogP) is 3.32. The van der Waals surface area contributed by atoms with Gasteiger partial charge in [-0.05, 0) is 44.0 Å². The summed E-state index contributed by atoms with van der Waals surface area (Å²) in [5.41, 5.74) is 3.58. The zero-order valence-corrected chi connectivity index (χ0v) is 17.9. The number of likely N-dealkylation sites (tertiary alicyclic amines) is 1. The second-order valence-electron chi connectivity index (χ2n) is 8.38. The predicted molar refractivity (Wildman–Crippen MR) is 119 cm³/mol. The molecule has 0 aliphatic carbocycles. The van der Waals surface area contributed by atoms with E-state index >= 15 is 0 Å². The fourth-order valence-corrected chi connectivity index (χ4v) is 4.59. The van der Waals surface area contributed by atoms with E-state index in [0.717, 1.165) is 57.8 Å². The van der Waals surface area contributed by atoms with Crippen LogP contribution in [-0.4, -0.2) is 61.6 Å². The largest absolute Gasteiger partial charge is 0.379 e. The van der Waals surface area contributed by atoms with E-state index in [1.807, 2.05) is 18.2 Å². The van der Waals surface area contributed by atoms with Crippen LogP contribution in [0.1, 0.15) is 41.6 Å². The van der Waals surface area contributed by atoms with Crippen molar-refractivity contribution in [2.45, 2.75) is 31.8 Å². The lowest BCUT2D eigenvalue weighted by Gasteiger charge is -2.35. The van der Waals surface area contributed by atoms with Gasteiger partial charge in [0.25, 0.3) is 0 Å². The van der Waals surface area contributed by atoms with Gasteiger partial charge in [0, 0.05) is 19.6 Å². The number of hydrogen-bond donors (Lipinski definition) is 1. The lowest BCUT2D eigenvalue weighted by molar-refractivity contribution is -0.126. The third-order valence-electron chi connectivity index (χ3n) is 6.29. The summed E-state index contributed by atoms with van der Waals surface area (Å²) >= 11 is 0. The summed E-state index contributed by atoms with van der Waals surface area (Å²) in [5.74, 6) is 0.105. The molecule has 2 atom stereocenters. The first-order chi connectivity index (χ1) is 14.7. The summed E-state index contributed by atoms with van der Waals surface area (Å²) in [7, 11) is 0. The summed E-state index contributed by atoms with van der Waals surface area (Å²) in [6.07, 6.45) is 2.33. The highest BCUT2D eigenvalue weighted by Gasteiger charge is 2.31. The first-order valence-corrected chi connectivity index (χ1v) is 11.2. The summed E-state index contributed by atoms with van der Waals surface area (Å²) in [4.78, 5) is 18.2. The van der Waals surface area contributed by atoms with Gasteiger partial charge in [-0.25, -0.2) is 0 Å². The standard InChI is InChI=1S/C25H33N3O2/c1-20-9-11-21(12-10-20)23(27-15-17-30-18-16-27)19-26-25(29)24(28-13-5-6-14-28)22-7-3-2-4-8-22/h2-4,7-12,23-24H,5-6,13-19H2,1H3,(H,26,29). The van der Waals surface area contributed by atoms with Crippen LogP contribution in [-0.2, 0) is 9.53 Å². The average Bonchev–Trinajstić information content (AvgIpc) is 3.31. The number of aryl methyl sites for hydroxylation is 1. The van der Waals surface area contributed by atoms with Crippen LogP contribution < -0.4 is 5.32 Å². The summed E-state index contributed by atoms with van der Waals surface area (Å²) in [5, 5.41) is 3.31. The van der Waals surface area contributed by atoms with Crippen LogP contribution in [0.5, 0.6) is 0 Å². The van der Waals surface area contributed by atoms with Crippen molar-refractivity contribution in [3.63, 3.8) is 0 Å². The zero-order valence-electron chi connectivity index (χ0n) is 17.9. The molecule has 4 rings (SSSR count). The molecule has 1 amide bonds. The number of hydrogen-bond acceptors (Lipinski definition) is 4. The molecule has 0 spiro atoms. The summed E-state index contributed by atoms with van der Waals surface area (Å²) in [6.45, 7) is 7.96. The fraction of sp³-hybridized carbons (Fsp3) is 0.480. The third kappa shape index (κ3) is 5.09. The van der Waals surface area contributed by atoms with Crippen molar-refractivity contribution in [1.29, 1.82) is 0 Å². The number of morpholine rings is 1. The maximum absolute atomic E-state index is 13.4. The monoisotopic (exact) mass is 407 g/mol. The molecule has 5 nitrogen and oxygen atoms in total. The topological polar surface area (TPSA) is 44.8 Å². The molecule has 2 aromatic rings. The van der Waals surface area contributed by atoms with Crippen LogP contribution in [0.3, 0.4) is 0 Å². The molecule has 5 heteroatoms. The molecule has 0 aromatic heterocycles. The van der Waals surface area contributed by atoms with Crippen molar-refractivity contribution in [2.24, 2.45) is 0 Å². The second-order valence-corrected chi connectivity index (χ2v) is 8.38. The highest BCUT2D eigenvalue weighted by atomic mass is 16.5. The number of rotatable bonds is 7. The minimum absolute atomic E-state index is 0.105. The van der Waals surface area contributed by atoms with E-state index in [4.69, 9.17) is 4.74 Å². The van der Waals surface area contributed by atoms with Crippen LogP contribution in [0.2, 0.25) is 0 Å². The Hall–Kier alpha value is -2.21. The van der Waals surface area contributed by atoms with Gasteiger partial charge in [0.05, 0.1) is 19.3 Å². The van der Waals surface area contributed by atoms with Gasteiger partial charge in [-0.3, -0.25) is 14.6 Å². The van der Waals surface area contributed by atoms with Crippen molar-refractivity contribution >= 4 is 5.91 Å². The van der Waals surface area contributed by atoms with Gasteiger partial charge >= 0.3 is 0 Å². The Bertz CT molecular complexity index is 797. The maximum Gasteiger partial charge on any atom is 0.242 e. The van der Waals surface area contributed by atoms with Gasteiger partial charge in [0.15, 0.2) is 0 Å². The minimum Gasteiger partial charge on any atom is -0.379 e. The molecule has 0 bridgehead atoms. The van der Waals surface area contributed by atoms with Gasteiger partial charge in [-0.1, -0.05) is 60.2 Å². The highest BCUT2D eigenvalue weighted by Crippen LogP contribution is 2.26. The molecule has 30 heavy (non-hydrogen) atoms. The van der Waals surface area contributed by atoms with E-state index in [1.54, 1.807) is 0 Å². The number of ether oxygens (including phenoxy) is 1. The molecule has 0 radical (unpaired) electrons. The maximum atomic E-state index is 13.4. The van der Waals surface area contributed by atoms with Crippen molar-refractivity contribution in [2.75, 3.05) is 45.9 Å². The SMILES string of the molecule is Cc1ccc(C(CNC(=O)C(c2ccccc2)N2CCCC2)N2CCOCC2)cc1. The van der Waals surface area contributed by atoms with E-state index < -0.39 is 0 Å². The number of nitrogens with zero attached hydrogens (tertiary/aromatic N) is 2. The van der Waals surface area contributed by atoms with Gasteiger partial charge < -0.3 is 10.1 Å². The molecular formula is C25H33N3O2. The van der Waals surface area contributed by atoms with Crippen LogP contribution in [0.4, 0.5) is 0 Å². The van der Waals surface area contributed by atoms with Crippen LogP contribution in [0.15, 0.2) is 54.6 Å².